The van der Waals surface area contributed by atoms with Crippen molar-refractivity contribution in [3.8, 4) is 11.3 Å². The SMILES string of the molecule is O=C(O)c1ccc2c(c1)CCN2C(=O)N1[C@@H]2CC[C@H]1CC(OCc1c(-c3ccccc3Cl)noc1C1CC1)C2. The number of hydrogen-bond acceptors (Lipinski definition) is 5. The van der Waals surface area contributed by atoms with Crippen LogP contribution in [0.5, 0.6) is 0 Å². The highest BCUT2D eigenvalue weighted by molar-refractivity contribution is 6.33. The molecule has 39 heavy (non-hydrogen) atoms. The summed E-state index contributed by atoms with van der Waals surface area (Å²) in [7, 11) is 0. The van der Waals surface area contributed by atoms with Gasteiger partial charge in [-0.1, -0.05) is 35.0 Å². The molecule has 2 amide bonds. The molecule has 9 heteroatoms. The summed E-state index contributed by atoms with van der Waals surface area (Å²) in [5, 5.41) is 14.4. The molecule has 1 unspecified atom stereocenters. The molecular formula is C30H30ClN3O5. The monoisotopic (exact) mass is 547 g/mol. The van der Waals surface area contributed by atoms with Crippen molar-refractivity contribution < 1.29 is 24.0 Å². The summed E-state index contributed by atoms with van der Waals surface area (Å²) in [5.41, 5.74) is 4.62. The van der Waals surface area contributed by atoms with Crippen LogP contribution in [0.1, 0.15) is 71.7 Å². The number of amides is 2. The number of rotatable bonds is 6. The van der Waals surface area contributed by atoms with Gasteiger partial charge in [0.25, 0.3) is 0 Å². The minimum absolute atomic E-state index is 0.0267. The molecule has 1 aliphatic carbocycles. The fourth-order valence-corrected chi connectivity index (χ4v) is 6.87. The van der Waals surface area contributed by atoms with Gasteiger partial charge >= 0.3 is 12.0 Å². The Morgan fingerprint density at radius 1 is 1.08 bits per heavy atom. The quantitative estimate of drug-likeness (QED) is 0.391. The Kier molecular flexibility index (Phi) is 6.12. The Labute approximate surface area is 231 Å². The molecule has 4 heterocycles. The lowest BCUT2D eigenvalue weighted by atomic mass is 9.99. The van der Waals surface area contributed by atoms with Gasteiger partial charge in [-0.15, -0.1) is 0 Å². The molecule has 3 aromatic rings. The van der Waals surface area contributed by atoms with E-state index in [0.717, 1.165) is 72.4 Å². The van der Waals surface area contributed by atoms with Crippen molar-refractivity contribution in [2.24, 2.45) is 0 Å². The second kappa shape index (κ2) is 9.68. The molecule has 7 rings (SSSR count). The van der Waals surface area contributed by atoms with Crippen LogP contribution in [0.25, 0.3) is 11.3 Å². The number of anilines is 1. The number of benzene rings is 2. The van der Waals surface area contributed by atoms with E-state index >= 15 is 0 Å². The number of nitrogens with zero attached hydrogens (tertiary/aromatic N) is 3. The van der Waals surface area contributed by atoms with Crippen molar-refractivity contribution in [3.05, 3.63) is 69.9 Å². The van der Waals surface area contributed by atoms with E-state index in [9.17, 15) is 14.7 Å². The van der Waals surface area contributed by atoms with Crippen LogP contribution in [0, 0.1) is 0 Å². The summed E-state index contributed by atoms with van der Waals surface area (Å²) in [6, 6.07) is 13.0. The highest BCUT2D eigenvalue weighted by atomic mass is 35.5. The number of aromatic carboxylic acids is 1. The van der Waals surface area contributed by atoms with Crippen LogP contribution in [0.3, 0.4) is 0 Å². The molecule has 3 fully saturated rings. The van der Waals surface area contributed by atoms with E-state index < -0.39 is 5.97 Å². The van der Waals surface area contributed by atoms with Crippen molar-refractivity contribution >= 4 is 29.3 Å². The number of ether oxygens (including phenoxy) is 1. The number of halogens is 1. The molecule has 2 bridgehead atoms. The van der Waals surface area contributed by atoms with E-state index in [2.05, 4.69) is 10.1 Å². The Bertz CT molecular complexity index is 1440. The average molecular weight is 548 g/mol. The fraction of sp³-hybridized carbons (Fsp3) is 0.433. The molecule has 0 radical (unpaired) electrons. The lowest BCUT2D eigenvalue weighted by Gasteiger charge is -2.40. The summed E-state index contributed by atoms with van der Waals surface area (Å²) in [5.74, 6) is 0.370. The second-order valence-electron chi connectivity index (χ2n) is 11.2. The van der Waals surface area contributed by atoms with E-state index in [1.807, 2.05) is 29.2 Å². The molecule has 2 aromatic carbocycles. The maximum Gasteiger partial charge on any atom is 0.335 e. The first kappa shape index (κ1) is 24.7. The van der Waals surface area contributed by atoms with Crippen LogP contribution in [0.2, 0.25) is 5.02 Å². The third-order valence-electron chi connectivity index (χ3n) is 8.72. The molecule has 1 aromatic heterocycles. The minimum Gasteiger partial charge on any atom is -0.478 e. The van der Waals surface area contributed by atoms with Crippen LogP contribution in [-0.2, 0) is 17.8 Å². The molecule has 0 spiro atoms. The van der Waals surface area contributed by atoms with Gasteiger partial charge in [0.1, 0.15) is 11.5 Å². The highest BCUT2D eigenvalue weighted by Gasteiger charge is 2.46. The van der Waals surface area contributed by atoms with Gasteiger partial charge in [0.15, 0.2) is 0 Å². The van der Waals surface area contributed by atoms with E-state index in [-0.39, 0.29) is 29.8 Å². The van der Waals surface area contributed by atoms with Crippen molar-refractivity contribution in [1.29, 1.82) is 0 Å². The first-order valence-electron chi connectivity index (χ1n) is 13.8. The molecule has 3 aliphatic heterocycles. The summed E-state index contributed by atoms with van der Waals surface area (Å²) in [4.78, 5) is 29.0. The molecule has 1 N–H and O–H groups in total. The summed E-state index contributed by atoms with van der Waals surface area (Å²) in [6.07, 6.45) is 6.47. The normalized spacial score (nSPS) is 23.8. The number of piperidine rings is 1. The first-order chi connectivity index (χ1) is 19.0. The summed E-state index contributed by atoms with van der Waals surface area (Å²) in [6.45, 7) is 0.995. The standard InChI is InChI=1S/C30H30ClN3O5/c31-25-4-2-1-3-23(25)27-24(28(39-32-27)17-5-6-17)16-38-22-14-20-8-9-21(15-22)34(20)30(37)33-12-11-18-13-19(29(35)36)7-10-26(18)33/h1-4,7,10,13,17,20-22H,5-6,8-9,11-12,14-16H2,(H,35,36)/t20-,21+,22?. The Hall–Kier alpha value is -3.36. The number of hydrogen-bond donors (Lipinski definition) is 1. The third-order valence-corrected chi connectivity index (χ3v) is 9.05. The number of fused-ring (bicyclic) bond motifs is 3. The lowest BCUT2D eigenvalue weighted by molar-refractivity contribution is -0.0164. The number of carboxylic acid groups (broad SMARTS) is 1. The van der Waals surface area contributed by atoms with Gasteiger partial charge in [0.2, 0.25) is 0 Å². The zero-order chi connectivity index (χ0) is 26.7. The third kappa shape index (κ3) is 4.39. The molecule has 202 valence electrons. The maximum atomic E-state index is 13.7. The van der Waals surface area contributed by atoms with Crippen molar-refractivity contribution in [2.45, 2.75) is 75.7 Å². The Morgan fingerprint density at radius 3 is 2.56 bits per heavy atom. The Morgan fingerprint density at radius 2 is 1.85 bits per heavy atom. The molecule has 4 aliphatic rings. The zero-order valence-corrected chi connectivity index (χ0v) is 22.3. The minimum atomic E-state index is -0.947. The van der Waals surface area contributed by atoms with Crippen LogP contribution >= 0.6 is 11.6 Å². The molecule has 3 atom stereocenters. The maximum absolute atomic E-state index is 13.7. The van der Waals surface area contributed by atoms with E-state index in [4.69, 9.17) is 20.9 Å². The number of carboxylic acids is 1. The number of urea groups is 1. The highest BCUT2D eigenvalue weighted by Crippen LogP contribution is 2.46. The topological polar surface area (TPSA) is 96.1 Å². The number of carbonyl (C=O) groups excluding carboxylic acids is 1. The first-order valence-corrected chi connectivity index (χ1v) is 14.2. The van der Waals surface area contributed by atoms with Gasteiger partial charge in [-0.3, -0.25) is 4.90 Å². The van der Waals surface area contributed by atoms with E-state index in [1.54, 1.807) is 18.2 Å². The lowest BCUT2D eigenvalue weighted by Crippen LogP contribution is -2.53. The van der Waals surface area contributed by atoms with Gasteiger partial charge in [0.05, 0.1) is 23.3 Å². The Balaban J connectivity index is 1.05. The van der Waals surface area contributed by atoms with Gasteiger partial charge in [-0.25, -0.2) is 9.59 Å². The van der Waals surface area contributed by atoms with Crippen molar-refractivity contribution in [1.82, 2.24) is 10.1 Å². The number of carbonyl (C=O) groups is 2. The van der Waals surface area contributed by atoms with Gasteiger partial charge in [-0.05, 0) is 74.8 Å². The predicted octanol–water partition coefficient (Wildman–Crippen LogP) is 6.27. The van der Waals surface area contributed by atoms with Gasteiger partial charge in [0, 0.05) is 41.4 Å². The predicted molar refractivity (Wildman–Crippen MR) is 145 cm³/mol. The van der Waals surface area contributed by atoms with Crippen LogP contribution in [-0.4, -0.2) is 51.9 Å². The molecule has 2 saturated heterocycles. The van der Waals surface area contributed by atoms with Crippen LogP contribution < -0.4 is 4.90 Å². The molecular weight excluding hydrogens is 518 g/mol. The largest absolute Gasteiger partial charge is 0.478 e. The fourth-order valence-electron chi connectivity index (χ4n) is 6.64. The van der Waals surface area contributed by atoms with Crippen molar-refractivity contribution in [2.75, 3.05) is 11.4 Å². The second-order valence-corrected chi connectivity index (χ2v) is 11.6. The molecule has 1 saturated carbocycles. The van der Waals surface area contributed by atoms with Crippen molar-refractivity contribution in [3.63, 3.8) is 0 Å². The van der Waals surface area contributed by atoms with E-state index in [0.29, 0.717) is 30.5 Å². The smallest absolute Gasteiger partial charge is 0.335 e. The van der Waals surface area contributed by atoms with Crippen LogP contribution in [0.4, 0.5) is 10.5 Å². The number of aromatic nitrogens is 1. The van der Waals surface area contributed by atoms with Gasteiger partial charge < -0.3 is 19.3 Å². The average Bonchev–Trinajstić information content (AvgIpc) is 3.45. The summed E-state index contributed by atoms with van der Waals surface area (Å²) >= 11 is 6.49. The van der Waals surface area contributed by atoms with Gasteiger partial charge in [-0.2, -0.15) is 0 Å². The summed E-state index contributed by atoms with van der Waals surface area (Å²) < 4.78 is 12.3. The molecule has 8 nitrogen and oxygen atoms in total. The zero-order valence-electron chi connectivity index (χ0n) is 21.5. The van der Waals surface area contributed by atoms with Crippen LogP contribution in [0.15, 0.2) is 47.0 Å². The van der Waals surface area contributed by atoms with E-state index in [1.165, 1.54) is 0 Å².